The summed E-state index contributed by atoms with van der Waals surface area (Å²) in [7, 11) is 0. The van der Waals surface area contributed by atoms with Crippen molar-refractivity contribution in [1.82, 2.24) is 0 Å². The van der Waals surface area contributed by atoms with E-state index in [9.17, 15) is 10.1 Å². The molecule has 0 spiro atoms. The van der Waals surface area contributed by atoms with Crippen molar-refractivity contribution in [2.75, 3.05) is 5.73 Å². The Bertz CT molecular complexity index is 572. The first-order chi connectivity index (χ1) is 10.5. The number of allylic oxidation sites excluding steroid dienone is 4. The zero-order valence-electron chi connectivity index (χ0n) is 13.9. The quantitative estimate of drug-likeness (QED) is 0.348. The lowest BCUT2D eigenvalue weighted by molar-refractivity contribution is -0.417. The molecule has 0 aliphatic rings. The third-order valence-corrected chi connectivity index (χ3v) is 2.97. The summed E-state index contributed by atoms with van der Waals surface area (Å²) in [6, 6.07) is 5.52. The number of nitrogens with two attached hydrogens (primary N) is 1. The minimum absolute atomic E-state index is 0.00433. The summed E-state index contributed by atoms with van der Waals surface area (Å²) in [4.78, 5) is 10.7. The van der Waals surface area contributed by atoms with Crippen LogP contribution in [-0.4, -0.2) is 4.92 Å². The van der Waals surface area contributed by atoms with E-state index in [2.05, 4.69) is 13.5 Å². The van der Waals surface area contributed by atoms with Gasteiger partial charge in [-0.3, -0.25) is 10.1 Å². The van der Waals surface area contributed by atoms with Crippen molar-refractivity contribution in [3.63, 3.8) is 0 Å². The van der Waals surface area contributed by atoms with Crippen LogP contribution < -0.4 is 5.73 Å². The molecule has 0 atom stereocenters. The van der Waals surface area contributed by atoms with Crippen molar-refractivity contribution in [3.05, 3.63) is 69.9 Å². The molecule has 4 heteroatoms. The number of nitrogen functional groups attached to an aromatic ring is 1. The summed E-state index contributed by atoms with van der Waals surface area (Å²) in [6.45, 7) is 11.4. The van der Waals surface area contributed by atoms with Crippen molar-refractivity contribution in [2.24, 2.45) is 0 Å². The molecule has 1 rings (SSSR count). The molecule has 1 aromatic carbocycles. The van der Waals surface area contributed by atoms with E-state index in [1.54, 1.807) is 24.3 Å². The van der Waals surface area contributed by atoms with Crippen LogP contribution in [0.25, 0.3) is 5.57 Å². The first kappa shape index (κ1) is 19.6. The number of nitro groups is 1. The second kappa shape index (κ2) is 10.4. The van der Waals surface area contributed by atoms with Gasteiger partial charge in [0.25, 0.3) is 5.70 Å². The van der Waals surface area contributed by atoms with Crippen molar-refractivity contribution >= 4 is 11.3 Å². The third-order valence-electron chi connectivity index (χ3n) is 2.97. The van der Waals surface area contributed by atoms with Crippen LogP contribution in [-0.2, 0) is 6.42 Å². The fraction of sp³-hybridized carbons (Fsp3) is 0.333. The van der Waals surface area contributed by atoms with Gasteiger partial charge in [-0.05, 0) is 36.6 Å². The molecule has 0 aliphatic heterocycles. The Kier molecular flexibility index (Phi) is 9.27. The lowest BCUT2D eigenvalue weighted by Crippen LogP contribution is -2.01. The summed E-state index contributed by atoms with van der Waals surface area (Å²) in [5.41, 5.74) is 8.99. The Balaban J connectivity index is 0.00000211. The zero-order valence-corrected chi connectivity index (χ0v) is 13.9. The minimum Gasteiger partial charge on any atom is -0.399 e. The second-order valence-electron chi connectivity index (χ2n) is 4.42. The monoisotopic (exact) mass is 302 g/mol. The number of aryl methyl sites for hydroxylation is 1. The Morgan fingerprint density at radius 2 is 2.05 bits per heavy atom. The largest absolute Gasteiger partial charge is 0.399 e. The lowest BCUT2D eigenvalue weighted by atomic mass is 9.98. The van der Waals surface area contributed by atoms with E-state index in [-0.39, 0.29) is 5.70 Å². The highest BCUT2D eigenvalue weighted by Crippen LogP contribution is 2.26. The van der Waals surface area contributed by atoms with Gasteiger partial charge in [0.1, 0.15) is 0 Å². The molecule has 0 amide bonds. The van der Waals surface area contributed by atoms with E-state index in [4.69, 9.17) is 5.73 Å². The highest BCUT2D eigenvalue weighted by atomic mass is 16.6. The Labute approximate surface area is 133 Å². The van der Waals surface area contributed by atoms with E-state index in [1.807, 2.05) is 26.8 Å². The van der Waals surface area contributed by atoms with Crippen molar-refractivity contribution in [2.45, 2.75) is 40.5 Å². The van der Waals surface area contributed by atoms with Gasteiger partial charge < -0.3 is 5.73 Å². The summed E-state index contributed by atoms with van der Waals surface area (Å²) in [5.74, 6) is 0. The Hall–Kier alpha value is -2.36. The van der Waals surface area contributed by atoms with E-state index in [0.717, 1.165) is 29.7 Å². The van der Waals surface area contributed by atoms with Gasteiger partial charge >= 0.3 is 0 Å². The van der Waals surface area contributed by atoms with E-state index in [0.29, 0.717) is 5.57 Å². The fourth-order valence-electron chi connectivity index (χ4n) is 2.04. The molecule has 2 N–H and O–H groups in total. The third kappa shape index (κ3) is 5.20. The number of rotatable bonds is 6. The predicted octanol–water partition coefficient (Wildman–Crippen LogP) is 5.00. The summed E-state index contributed by atoms with van der Waals surface area (Å²) >= 11 is 0. The van der Waals surface area contributed by atoms with Gasteiger partial charge in [-0.1, -0.05) is 52.0 Å². The van der Waals surface area contributed by atoms with E-state index >= 15 is 0 Å². The van der Waals surface area contributed by atoms with Crippen LogP contribution in [0.1, 0.15) is 45.2 Å². The zero-order chi connectivity index (χ0) is 17.1. The number of benzene rings is 1. The molecule has 0 aromatic heterocycles. The molecule has 0 saturated heterocycles. The van der Waals surface area contributed by atoms with Crippen LogP contribution in [0.3, 0.4) is 0 Å². The van der Waals surface area contributed by atoms with Gasteiger partial charge in [0.05, 0.1) is 10.5 Å². The molecule has 22 heavy (non-hydrogen) atoms. The molecule has 0 aliphatic carbocycles. The van der Waals surface area contributed by atoms with E-state index in [1.165, 1.54) is 6.08 Å². The molecule has 0 fully saturated rings. The second-order valence-corrected chi connectivity index (χ2v) is 4.42. The van der Waals surface area contributed by atoms with Crippen LogP contribution >= 0.6 is 0 Å². The maximum atomic E-state index is 11.1. The van der Waals surface area contributed by atoms with Crippen LogP contribution in [0, 0.1) is 10.1 Å². The van der Waals surface area contributed by atoms with Gasteiger partial charge in [-0.25, -0.2) is 0 Å². The molecule has 0 heterocycles. The first-order valence-electron chi connectivity index (χ1n) is 7.57. The van der Waals surface area contributed by atoms with Gasteiger partial charge in [0, 0.05) is 11.8 Å². The van der Waals surface area contributed by atoms with Crippen molar-refractivity contribution in [3.8, 4) is 0 Å². The minimum atomic E-state index is -0.418. The highest BCUT2D eigenvalue weighted by Gasteiger charge is 2.15. The smallest absolute Gasteiger partial charge is 0.276 e. The van der Waals surface area contributed by atoms with Gasteiger partial charge in [-0.15, -0.1) is 0 Å². The highest BCUT2D eigenvalue weighted by molar-refractivity contribution is 5.78. The average molecular weight is 302 g/mol. The average Bonchev–Trinajstić information content (AvgIpc) is 2.51. The molecule has 4 nitrogen and oxygen atoms in total. The molecule has 0 saturated carbocycles. The van der Waals surface area contributed by atoms with Gasteiger partial charge in [-0.2, -0.15) is 0 Å². The predicted molar refractivity (Wildman–Crippen MR) is 95.1 cm³/mol. The summed E-state index contributed by atoms with van der Waals surface area (Å²) in [5, 5.41) is 11.1. The van der Waals surface area contributed by atoms with Crippen LogP contribution in [0.2, 0.25) is 0 Å². The topological polar surface area (TPSA) is 69.2 Å². The first-order valence-corrected chi connectivity index (χ1v) is 7.57. The van der Waals surface area contributed by atoms with Crippen LogP contribution in [0.15, 0.2) is 48.7 Å². The molecular formula is C18H26N2O2. The Morgan fingerprint density at radius 1 is 1.41 bits per heavy atom. The van der Waals surface area contributed by atoms with Crippen LogP contribution in [0.5, 0.6) is 0 Å². The fourth-order valence-corrected chi connectivity index (χ4v) is 2.04. The Morgan fingerprint density at radius 3 is 2.50 bits per heavy atom. The summed E-state index contributed by atoms with van der Waals surface area (Å²) in [6.07, 6.45) is 6.59. The maximum Gasteiger partial charge on any atom is 0.276 e. The molecular weight excluding hydrogens is 276 g/mol. The van der Waals surface area contributed by atoms with Gasteiger partial charge in [0.15, 0.2) is 0 Å². The number of anilines is 1. The van der Waals surface area contributed by atoms with Crippen LogP contribution in [0.4, 0.5) is 5.69 Å². The number of nitrogens with zero attached hydrogens (tertiary/aromatic N) is 1. The van der Waals surface area contributed by atoms with Crippen molar-refractivity contribution in [1.29, 1.82) is 0 Å². The molecule has 120 valence electrons. The standard InChI is InChI=1S/C16H20N2O2.C2H6/c1-4-7-13-11-12(9-10-15(13)17)14(8-5-2)16(6-3)18(19)20;1-2/h5-6,8-11H,3-4,7,17H2,1-2H3;1-2H3/b8-5-,16-14-;. The lowest BCUT2D eigenvalue weighted by Gasteiger charge is -2.09. The van der Waals surface area contributed by atoms with Crippen molar-refractivity contribution < 1.29 is 4.92 Å². The van der Waals surface area contributed by atoms with E-state index < -0.39 is 4.92 Å². The SMILES string of the molecule is C=C/C(=C(\C=C/C)c1ccc(N)c(CCC)c1)[N+](=O)[O-].CC. The molecule has 0 radical (unpaired) electrons. The molecule has 1 aromatic rings. The normalized spacial score (nSPS) is 11.5. The molecule has 0 unspecified atom stereocenters. The molecule has 0 bridgehead atoms. The summed E-state index contributed by atoms with van der Waals surface area (Å²) < 4.78 is 0. The maximum absolute atomic E-state index is 11.1. The number of hydrogen-bond donors (Lipinski definition) is 1. The number of hydrogen-bond acceptors (Lipinski definition) is 3. The van der Waals surface area contributed by atoms with Gasteiger partial charge in [0.2, 0.25) is 0 Å².